The van der Waals surface area contributed by atoms with E-state index in [4.69, 9.17) is 0 Å². The molecule has 17 heavy (non-hydrogen) atoms. The van der Waals surface area contributed by atoms with Crippen LogP contribution in [0.5, 0.6) is 0 Å². The second kappa shape index (κ2) is 4.56. The van der Waals surface area contributed by atoms with Crippen molar-refractivity contribution in [2.24, 2.45) is 0 Å². The molecule has 1 heterocycles. The lowest BCUT2D eigenvalue weighted by Gasteiger charge is -2.13. The molecule has 0 aromatic rings. The van der Waals surface area contributed by atoms with Crippen LogP contribution in [0.4, 0.5) is 13.2 Å². The van der Waals surface area contributed by atoms with Crippen LogP contribution < -0.4 is 0 Å². The van der Waals surface area contributed by atoms with Gasteiger partial charge in [-0.2, -0.15) is 13.2 Å². The van der Waals surface area contributed by atoms with Crippen LogP contribution in [0, 0.1) is 0 Å². The van der Waals surface area contributed by atoms with Gasteiger partial charge in [-0.1, -0.05) is 6.58 Å². The summed E-state index contributed by atoms with van der Waals surface area (Å²) in [7, 11) is 0. The molecule has 1 aliphatic rings. The molecule has 94 valence electrons. The first-order valence-corrected chi connectivity index (χ1v) is 4.45. The molecule has 1 saturated heterocycles. The number of carbonyl (C=O) groups is 3. The van der Waals surface area contributed by atoms with Crippen molar-refractivity contribution < 1.29 is 32.3 Å². The number of esters is 1. The lowest BCUT2D eigenvalue weighted by Crippen LogP contribution is -2.36. The third kappa shape index (κ3) is 3.58. The highest BCUT2D eigenvalue weighted by Crippen LogP contribution is 2.17. The zero-order valence-electron chi connectivity index (χ0n) is 8.54. The SMILES string of the molecule is C=C1CC(=O)N(CC(=O)OCC(F)(F)F)C1=O. The van der Waals surface area contributed by atoms with Gasteiger partial charge in [-0.05, 0) is 0 Å². The summed E-state index contributed by atoms with van der Waals surface area (Å²) in [5.74, 6) is -2.73. The number of nitrogens with zero attached hydrogens (tertiary/aromatic N) is 1. The molecular formula is C9H8F3NO4. The number of alkyl halides is 3. The average molecular weight is 251 g/mol. The maximum Gasteiger partial charge on any atom is 0.422 e. The first-order chi connectivity index (χ1) is 7.70. The fourth-order valence-electron chi connectivity index (χ4n) is 1.15. The number of hydrogen-bond acceptors (Lipinski definition) is 4. The molecule has 1 fully saturated rings. The quantitative estimate of drug-likeness (QED) is 0.414. The first kappa shape index (κ1) is 13.2. The van der Waals surface area contributed by atoms with Crippen LogP contribution in [0.3, 0.4) is 0 Å². The van der Waals surface area contributed by atoms with Gasteiger partial charge in [0.05, 0.1) is 6.42 Å². The fraction of sp³-hybridized carbons (Fsp3) is 0.444. The fourth-order valence-corrected chi connectivity index (χ4v) is 1.15. The Morgan fingerprint density at radius 1 is 1.41 bits per heavy atom. The molecule has 0 saturated carbocycles. The Morgan fingerprint density at radius 3 is 2.41 bits per heavy atom. The summed E-state index contributed by atoms with van der Waals surface area (Å²) in [6, 6.07) is 0. The number of rotatable bonds is 3. The van der Waals surface area contributed by atoms with E-state index >= 15 is 0 Å². The summed E-state index contributed by atoms with van der Waals surface area (Å²) < 4.78 is 39.0. The lowest BCUT2D eigenvalue weighted by molar-refractivity contribution is -0.187. The Hall–Kier alpha value is -1.86. The highest BCUT2D eigenvalue weighted by Gasteiger charge is 2.35. The summed E-state index contributed by atoms with van der Waals surface area (Å²) in [5.41, 5.74) is -0.00128. The van der Waals surface area contributed by atoms with Crippen LogP contribution in [0.1, 0.15) is 6.42 Å². The van der Waals surface area contributed by atoms with Crippen molar-refractivity contribution in [3.63, 3.8) is 0 Å². The van der Waals surface area contributed by atoms with E-state index in [-0.39, 0.29) is 12.0 Å². The normalized spacial score (nSPS) is 16.6. The van der Waals surface area contributed by atoms with Gasteiger partial charge in [0.1, 0.15) is 6.54 Å². The van der Waals surface area contributed by atoms with E-state index in [9.17, 15) is 27.6 Å². The summed E-state index contributed by atoms with van der Waals surface area (Å²) >= 11 is 0. The van der Waals surface area contributed by atoms with Crippen molar-refractivity contribution in [2.45, 2.75) is 12.6 Å². The van der Waals surface area contributed by atoms with Gasteiger partial charge in [0, 0.05) is 5.57 Å². The molecule has 0 N–H and O–H groups in total. The van der Waals surface area contributed by atoms with E-state index in [1.807, 2.05) is 0 Å². The molecule has 0 atom stereocenters. The predicted octanol–water partition coefficient (Wildman–Crippen LogP) is 0.407. The maximum absolute atomic E-state index is 11.7. The lowest BCUT2D eigenvalue weighted by atomic mass is 10.3. The van der Waals surface area contributed by atoms with Crippen LogP contribution in [0.2, 0.25) is 0 Å². The second-order valence-corrected chi connectivity index (χ2v) is 3.34. The van der Waals surface area contributed by atoms with Gasteiger partial charge in [0.2, 0.25) is 5.91 Å². The Labute approximate surface area is 93.8 Å². The van der Waals surface area contributed by atoms with E-state index in [2.05, 4.69) is 11.3 Å². The van der Waals surface area contributed by atoms with E-state index in [1.54, 1.807) is 0 Å². The second-order valence-electron chi connectivity index (χ2n) is 3.34. The van der Waals surface area contributed by atoms with Crippen LogP contribution >= 0.6 is 0 Å². The summed E-state index contributed by atoms with van der Waals surface area (Å²) in [6.45, 7) is 0.711. The Morgan fingerprint density at radius 2 is 2.00 bits per heavy atom. The standard InChI is InChI=1S/C9H8F3NO4/c1-5-2-6(14)13(8(5)16)3-7(15)17-4-9(10,11)12/h1-4H2. The number of imide groups is 1. The van der Waals surface area contributed by atoms with Gasteiger partial charge in [-0.3, -0.25) is 19.3 Å². The van der Waals surface area contributed by atoms with Gasteiger partial charge in [0.15, 0.2) is 6.61 Å². The molecule has 0 spiro atoms. The van der Waals surface area contributed by atoms with Crippen molar-refractivity contribution in [1.29, 1.82) is 0 Å². The van der Waals surface area contributed by atoms with Crippen molar-refractivity contribution in [3.05, 3.63) is 12.2 Å². The summed E-state index contributed by atoms with van der Waals surface area (Å²) in [4.78, 5) is 33.8. The molecule has 8 heteroatoms. The molecule has 0 bridgehead atoms. The molecule has 0 unspecified atom stereocenters. The van der Waals surface area contributed by atoms with Crippen LogP contribution in [-0.4, -0.2) is 42.0 Å². The number of halogens is 3. The minimum atomic E-state index is -4.64. The van der Waals surface area contributed by atoms with Gasteiger partial charge >= 0.3 is 12.1 Å². The zero-order chi connectivity index (χ0) is 13.2. The minimum absolute atomic E-state index is 0.00128. The molecule has 1 aliphatic heterocycles. The van der Waals surface area contributed by atoms with Crippen molar-refractivity contribution >= 4 is 17.8 Å². The Bertz CT molecular complexity index is 388. The smallest absolute Gasteiger partial charge is 0.422 e. The third-order valence-electron chi connectivity index (χ3n) is 1.90. The molecule has 5 nitrogen and oxygen atoms in total. The molecule has 0 radical (unpaired) electrons. The predicted molar refractivity (Wildman–Crippen MR) is 47.5 cm³/mol. The van der Waals surface area contributed by atoms with Gasteiger partial charge < -0.3 is 4.74 Å². The number of ether oxygens (including phenoxy) is 1. The van der Waals surface area contributed by atoms with Crippen molar-refractivity contribution in [1.82, 2.24) is 4.90 Å². The van der Waals surface area contributed by atoms with Gasteiger partial charge in [-0.15, -0.1) is 0 Å². The summed E-state index contributed by atoms with van der Waals surface area (Å²) in [6.07, 6.45) is -4.87. The number of likely N-dealkylation sites (tertiary alicyclic amines) is 1. The minimum Gasteiger partial charge on any atom is -0.455 e. The largest absolute Gasteiger partial charge is 0.455 e. The number of carbonyl (C=O) groups excluding carboxylic acids is 3. The molecule has 1 rings (SSSR count). The van der Waals surface area contributed by atoms with Crippen LogP contribution in [0.15, 0.2) is 12.2 Å². The van der Waals surface area contributed by atoms with E-state index in [0.717, 1.165) is 0 Å². The van der Waals surface area contributed by atoms with Crippen LogP contribution in [-0.2, 0) is 19.1 Å². The zero-order valence-corrected chi connectivity index (χ0v) is 8.54. The Balaban J connectivity index is 2.49. The summed E-state index contributed by atoms with van der Waals surface area (Å²) in [5, 5.41) is 0. The maximum atomic E-state index is 11.7. The van der Waals surface area contributed by atoms with Crippen molar-refractivity contribution in [2.75, 3.05) is 13.2 Å². The molecular weight excluding hydrogens is 243 g/mol. The van der Waals surface area contributed by atoms with E-state index < -0.39 is 37.1 Å². The highest BCUT2D eigenvalue weighted by molar-refractivity contribution is 6.14. The Kier molecular flexibility index (Phi) is 3.54. The van der Waals surface area contributed by atoms with E-state index in [0.29, 0.717) is 4.90 Å². The van der Waals surface area contributed by atoms with Crippen LogP contribution in [0.25, 0.3) is 0 Å². The molecule has 0 aromatic carbocycles. The first-order valence-electron chi connectivity index (χ1n) is 4.45. The number of hydrogen-bond donors (Lipinski definition) is 0. The third-order valence-corrected chi connectivity index (χ3v) is 1.90. The molecule has 0 aromatic heterocycles. The van der Waals surface area contributed by atoms with E-state index in [1.165, 1.54) is 0 Å². The molecule has 0 aliphatic carbocycles. The average Bonchev–Trinajstić information content (AvgIpc) is 2.41. The number of amides is 2. The van der Waals surface area contributed by atoms with Gasteiger partial charge in [-0.25, -0.2) is 0 Å². The van der Waals surface area contributed by atoms with Gasteiger partial charge in [0.25, 0.3) is 5.91 Å². The van der Waals surface area contributed by atoms with Crippen molar-refractivity contribution in [3.8, 4) is 0 Å². The highest BCUT2D eigenvalue weighted by atomic mass is 19.4. The molecule has 2 amide bonds. The topological polar surface area (TPSA) is 63.7 Å². The monoisotopic (exact) mass is 251 g/mol.